The maximum absolute atomic E-state index is 5.78. The van der Waals surface area contributed by atoms with Gasteiger partial charge in [-0.3, -0.25) is 4.98 Å². The Morgan fingerprint density at radius 1 is 1.31 bits per heavy atom. The number of hydrogen-bond acceptors (Lipinski definition) is 5. The summed E-state index contributed by atoms with van der Waals surface area (Å²) in [5.41, 5.74) is 2.46. The molecule has 16 heavy (non-hydrogen) atoms. The molecule has 0 aliphatic heterocycles. The SMILES string of the molecule is CC1CCC(Oc2cncc(NN)n2)CC1. The van der Waals surface area contributed by atoms with E-state index in [0.717, 1.165) is 18.8 Å². The molecule has 5 nitrogen and oxygen atoms in total. The standard InChI is InChI=1S/C11H18N4O/c1-8-2-4-9(5-3-8)16-11-7-13-6-10(14-11)15-12/h6-9H,2-5,12H2,1H3,(H,14,15). The minimum absolute atomic E-state index is 0.276. The fourth-order valence-electron chi connectivity index (χ4n) is 1.99. The summed E-state index contributed by atoms with van der Waals surface area (Å²) in [7, 11) is 0. The van der Waals surface area contributed by atoms with Crippen LogP contribution in [-0.2, 0) is 0 Å². The normalized spacial score (nSPS) is 25.1. The number of hydrogen-bond donors (Lipinski definition) is 2. The monoisotopic (exact) mass is 222 g/mol. The first-order valence-electron chi connectivity index (χ1n) is 5.73. The summed E-state index contributed by atoms with van der Waals surface area (Å²) in [5, 5.41) is 0. The van der Waals surface area contributed by atoms with Crippen molar-refractivity contribution in [2.75, 3.05) is 5.43 Å². The smallest absolute Gasteiger partial charge is 0.234 e. The van der Waals surface area contributed by atoms with E-state index in [2.05, 4.69) is 22.3 Å². The lowest BCUT2D eigenvalue weighted by Crippen LogP contribution is -2.23. The van der Waals surface area contributed by atoms with Gasteiger partial charge in [0.25, 0.3) is 0 Å². The zero-order valence-electron chi connectivity index (χ0n) is 9.52. The third-order valence-electron chi connectivity index (χ3n) is 3.01. The van der Waals surface area contributed by atoms with Gasteiger partial charge in [0, 0.05) is 0 Å². The largest absolute Gasteiger partial charge is 0.473 e. The number of aromatic nitrogens is 2. The molecule has 0 saturated heterocycles. The van der Waals surface area contributed by atoms with Gasteiger partial charge in [-0.1, -0.05) is 6.92 Å². The summed E-state index contributed by atoms with van der Waals surface area (Å²) in [6, 6.07) is 0. The van der Waals surface area contributed by atoms with Crippen LogP contribution in [0, 0.1) is 5.92 Å². The van der Waals surface area contributed by atoms with Crippen molar-refractivity contribution in [3.8, 4) is 5.88 Å². The van der Waals surface area contributed by atoms with E-state index >= 15 is 0 Å². The van der Waals surface area contributed by atoms with Gasteiger partial charge in [-0.15, -0.1) is 0 Å². The van der Waals surface area contributed by atoms with Gasteiger partial charge < -0.3 is 10.2 Å². The van der Waals surface area contributed by atoms with Crippen LogP contribution in [0.3, 0.4) is 0 Å². The molecule has 1 aliphatic carbocycles. The second-order valence-corrected chi connectivity index (χ2v) is 4.39. The Balaban J connectivity index is 1.93. The van der Waals surface area contributed by atoms with Crippen LogP contribution in [0.2, 0.25) is 0 Å². The number of ether oxygens (including phenoxy) is 1. The lowest BCUT2D eigenvalue weighted by atomic mass is 9.89. The van der Waals surface area contributed by atoms with Crippen LogP contribution in [-0.4, -0.2) is 16.1 Å². The molecule has 2 rings (SSSR count). The second kappa shape index (κ2) is 5.12. The van der Waals surface area contributed by atoms with Gasteiger partial charge in [0.05, 0.1) is 12.4 Å². The molecule has 0 atom stereocenters. The molecule has 1 saturated carbocycles. The van der Waals surface area contributed by atoms with E-state index in [-0.39, 0.29) is 6.10 Å². The lowest BCUT2D eigenvalue weighted by molar-refractivity contribution is 0.130. The molecule has 1 aromatic heterocycles. The number of nitrogens with zero attached hydrogens (tertiary/aromatic N) is 2. The predicted molar refractivity (Wildman–Crippen MR) is 61.9 cm³/mol. The van der Waals surface area contributed by atoms with Crippen molar-refractivity contribution in [3.05, 3.63) is 12.4 Å². The number of anilines is 1. The molecule has 1 aromatic rings. The Bertz CT molecular complexity index is 337. The van der Waals surface area contributed by atoms with Crippen molar-refractivity contribution in [2.45, 2.75) is 38.7 Å². The minimum atomic E-state index is 0.276. The van der Waals surface area contributed by atoms with Crippen LogP contribution in [0.15, 0.2) is 12.4 Å². The number of rotatable bonds is 3. The maximum Gasteiger partial charge on any atom is 0.234 e. The Morgan fingerprint density at radius 2 is 2.06 bits per heavy atom. The third kappa shape index (κ3) is 2.82. The van der Waals surface area contributed by atoms with Crippen LogP contribution < -0.4 is 16.0 Å². The summed E-state index contributed by atoms with van der Waals surface area (Å²) in [5.74, 6) is 7.16. The average Bonchev–Trinajstić information content (AvgIpc) is 2.32. The average molecular weight is 222 g/mol. The Morgan fingerprint density at radius 3 is 2.75 bits per heavy atom. The maximum atomic E-state index is 5.78. The molecule has 0 unspecified atom stereocenters. The van der Waals surface area contributed by atoms with Crippen molar-refractivity contribution >= 4 is 5.82 Å². The first-order chi connectivity index (χ1) is 7.78. The molecule has 0 radical (unpaired) electrons. The number of nitrogens with two attached hydrogens (primary N) is 1. The molecule has 88 valence electrons. The second-order valence-electron chi connectivity index (χ2n) is 4.39. The highest BCUT2D eigenvalue weighted by Crippen LogP contribution is 2.26. The van der Waals surface area contributed by atoms with Crippen molar-refractivity contribution in [1.29, 1.82) is 0 Å². The van der Waals surface area contributed by atoms with Gasteiger partial charge in [-0.05, 0) is 31.6 Å². The zero-order chi connectivity index (χ0) is 11.4. The van der Waals surface area contributed by atoms with Gasteiger partial charge in [-0.25, -0.2) is 5.84 Å². The van der Waals surface area contributed by atoms with E-state index in [1.807, 2.05) is 0 Å². The molecule has 0 spiro atoms. The predicted octanol–water partition coefficient (Wildman–Crippen LogP) is 1.72. The van der Waals surface area contributed by atoms with Crippen molar-refractivity contribution in [1.82, 2.24) is 9.97 Å². The first-order valence-corrected chi connectivity index (χ1v) is 5.73. The third-order valence-corrected chi connectivity index (χ3v) is 3.01. The fraction of sp³-hybridized carbons (Fsp3) is 0.636. The molecule has 0 bridgehead atoms. The van der Waals surface area contributed by atoms with Crippen molar-refractivity contribution in [3.63, 3.8) is 0 Å². The molecular formula is C11H18N4O. The van der Waals surface area contributed by atoms with Crippen LogP contribution in [0.5, 0.6) is 5.88 Å². The molecule has 1 aliphatic rings. The summed E-state index contributed by atoms with van der Waals surface area (Å²) >= 11 is 0. The molecule has 0 amide bonds. The molecule has 1 heterocycles. The van der Waals surface area contributed by atoms with Crippen LogP contribution in [0.1, 0.15) is 32.6 Å². The van der Waals surface area contributed by atoms with E-state index < -0.39 is 0 Å². The number of nitrogens with one attached hydrogen (secondary N) is 1. The molecule has 1 fully saturated rings. The molecular weight excluding hydrogens is 204 g/mol. The zero-order valence-corrected chi connectivity index (χ0v) is 9.52. The summed E-state index contributed by atoms with van der Waals surface area (Å²) in [6.07, 6.45) is 8.12. The molecule has 5 heteroatoms. The Hall–Kier alpha value is -1.36. The first kappa shape index (κ1) is 11.1. The quantitative estimate of drug-likeness (QED) is 0.601. The fourth-order valence-corrected chi connectivity index (χ4v) is 1.99. The highest BCUT2D eigenvalue weighted by molar-refractivity contribution is 5.31. The van der Waals surface area contributed by atoms with E-state index in [9.17, 15) is 0 Å². The van der Waals surface area contributed by atoms with Gasteiger partial charge in [0.1, 0.15) is 6.10 Å². The minimum Gasteiger partial charge on any atom is -0.473 e. The molecule has 0 aromatic carbocycles. The molecule has 3 N–H and O–H groups in total. The van der Waals surface area contributed by atoms with Crippen LogP contribution in [0.4, 0.5) is 5.82 Å². The Kier molecular flexibility index (Phi) is 3.56. The summed E-state index contributed by atoms with van der Waals surface area (Å²) < 4.78 is 5.78. The van der Waals surface area contributed by atoms with E-state index in [1.54, 1.807) is 12.4 Å². The van der Waals surface area contributed by atoms with E-state index in [1.165, 1.54) is 12.8 Å². The topological polar surface area (TPSA) is 73.1 Å². The van der Waals surface area contributed by atoms with E-state index in [0.29, 0.717) is 11.7 Å². The highest BCUT2D eigenvalue weighted by Gasteiger charge is 2.19. The highest BCUT2D eigenvalue weighted by atomic mass is 16.5. The van der Waals surface area contributed by atoms with Crippen molar-refractivity contribution in [2.24, 2.45) is 11.8 Å². The van der Waals surface area contributed by atoms with Crippen molar-refractivity contribution < 1.29 is 4.74 Å². The summed E-state index contributed by atoms with van der Waals surface area (Å²) in [6.45, 7) is 2.29. The van der Waals surface area contributed by atoms with Gasteiger partial charge in [-0.2, -0.15) is 4.98 Å². The van der Waals surface area contributed by atoms with Gasteiger partial charge in [0.15, 0.2) is 5.82 Å². The number of hydrazine groups is 1. The van der Waals surface area contributed by atoms with Crippen LogP contribution in [0.25, 0.3) is 0 Å². The number of nitrogen functional groups attached to an aromatic ring is 1. The Labute approximate surface area is 95.4 Å². The van der Waals surface area contributed by atoms with E-state index in [4.69, 9.17) is 10.6 Å². The van der Waals surface area contributed by atoms with Crippen LogP contribution >= 0.6 is 0 Å². The van der Waals surface area contributed by atoms with Gasteiger partial charge in [0.2, 0.25) is 5.88 Å². The van der Waals surface area contributed by atoms with Gasteiger partial charge >= 0.3 is 0 Å². The lowest BCUT2D eigenvalue weighted by Gasteiger charge is -2.26. The summed E-state index contributed by atoms with van der Waals surface area (Å²) in [4.78, 5) is 8.19.